The minimum atomic E-state index is -3.14. The van der Waals surface area contributed by atoms with E-state index >= 15 is 0 Å². The summed E-state index contributed by atoms with van der Waals surface area (Å²) < 4.78 is 24.3. The molecular weight excluding hydrogens is 276 g/mol. The predicted molar refractivity (Wildman–Crippen MR) is 80.2 cm³/mol. The Balaban J connectivity index is 2.45. The highest BCUT2D eigenvalue weighted by Gasteiger charge is 2.05. The molecule has 20 heavy (non-hydrogen) atoms. The molecule has 5 nitrogen and oxygen atoms in total. The summed E-state index contributed by atoms with van der Waals surface area (Å²) in [6.45, 7) is 3.13. The van der Waals surface area contributed by atoms with E-state index in [1.54, 1.807) is 12.1 Å². The Kier molecular flexibility index (Phi) is 6.67. The number of benzene rings is 1. The Morgan fingerprint density at radius 2 is 1.80 bits per heavy atom. The molecule has 1 aromatic carbocycles. The van der Waals surface area contributed by atoms with Crippen LogP contribution in [0.4, 0.5) is 0 Å². The number of nitrogens with one attached hydrogen (secondary N) is 2. The van der Waals surface area contributed by atoms with Crippen molar-refractivity contribution < 1.29 is 13.2 Å². The molecule has 0 aliphatic rings. The highest BCUT2D eigenvalue weighted by molar-refractivity contribution is 7.88. The van der Waals surface area contributed by atoms with Gasteiger partial charge in [-0.2, -0.15) is 0 Å². The fourth-order valence-electron chi connectivity index (χ4n) is 1.68. The van der Waals surface area contributed by atoms with E-state index in [0.29, 0.717) is 25.1 Å². The fraction of sp³-hybridized carbons (Fsp3) is 0.500. The molecule has 0 aliphatic carbocycles. The van der Waals surface area contributed by atoms with E-state index in [9.17, 15) is 13.2 Å². The number of hydrogen-bond donors (Lipinski definition) is 2. The third-order valence-corrected chi connectivity index (χ3v) is 3.54. The average Bonchev–Trinajstić information content (AvgIpc) is 2.38. The first kappa shape index (κ1) is 16.7. The van der Waals surface area contributed by atoms with Gasteiger partial charge in [0.2, 0.25) is 10.0 Å². The van der Waals surface area contributed by atoms with Crippen LogP contribution in [0.1, 0.15) is 35.7 Å². The molecule has 1 aromatic rings. The van der Waals surface area contributed by atoms with Crippen molar-refractivity contribution >= 4 is 15.9 Å². The van der Waals surface area contributed by atoms with Crippen LogP contribution in [0.25, 0.3) is 0 Å². The third kappa shape index (κ3) is 6.68. The van der Waals surface area contributed by atoms with E-state index in [1.165, 1.54) is 0 Å². The molecule has 112 valence electrons. The number of carbonyl (C=O) groups is 1. The molecule has 0 unspecified atom stereocenters. The van der Waals surface area contributed by atoms with Gasteiger partial charge in [0.15, 0.2) is 0 Å². The molecule has 0 spiro atoms. The maximum absolute atomic E-state index is 11.8. The largest absolute Gasteiger partial charge is 0.352 e. The summed E-state index contributed by atoms with van der Waals surface area (Å²) in [6.07, 6.45) is 3.76. The molecule has 0 saturated carbocycles. The van der Waals surface area contributed by atoms with Crippen LogP contribution >= 0.6 is 0 Å². The van der Waals surface area contributed by atoms with Gasteiger partial charge in [-0.25, -0.2) is 13.1 Å². The van der Waals surface area contributed by atoms with Gasteiger partial charge in [0.25, 0.3) is 5.91 Å². The van der Waals surface area contributed by atoms with Gasteiger partial charge < -0.3 is 5.32 Å². The Morgan fingerprint density at radius 3 is 2.35 bits per heavy atom. The van der Waals surface area contributed by atoms with Gasteiger partial charge in [0, 0.05) is 18.7 Å². The zero-order valence-electron chi connectivity index (χ0n) is 12.0. The summed E-state index contributed by atoms with van der Waals surface area (Å²) in [5.74, 6) is -0.0701. The lowest BCUT2D eigenvalue weighted by Crippen LogP contribution is -2.25. The topological polar surface area (TPSA) is 75.3 Å². The van der Waals surface area contributed by atoms with Gasteiger partial charge in [-0.1, -0.05) is 25.5 Å². The molecule has 0 saturated heterocycles. The summed E-state index contributed by atoms with van der Waals surface area (Å²) in [7, 11) is -3.14. The van der Waals surface area contributed by atoms with Crippen LogP contribution in [0.2, 0.25) is 0 Å². The van der Waals surface area contributed by atoms with Gasteiger partial charge in [0.05, 0.1) is 6.26 Å². The molecular formula is C14H22N2O3S. The molecule has 0 aromatic heterocycles. The molecule has 1 rings (SSSR count). The second kappa shape index (κ2) is 8.01. The van der Waals surface area contributed by atoms with Gasteiger partial charge in [-0.05, 0) is 30.5 Å². The quantitative estimate of drug-likeness (QED) is 0.711. The number of hydrogen-bond acceptors (Lipinski definition) is 3. The predicted octanol–water partition coefficient (Wildman–Crippen LogP) is 1.31. The minimum Gasteiger partial charge on any atom is -0.352 e. The Labute approximate surface area is 120 Å². The van der Waals surface area contributed by atoms with Gasteiger partial charge in [0.1, 0.15) is 0 Å². The fourth-order valence-corrected chi connectivity index (χ4v) is 2.16. The molecule has 2 N–H and O–H groups in total. The van der Waals surface area contributed by atoms with E-state index in [-0.39, 0.29) is 5.91 Å². The lowest BCUT2D eigenvalue weighted by molar-refractivity contribution is 0.0953. The number of carbonyl (C=O) groups excluding carboxylic acids is 1. The first-order valence-corrected chi connectivity index (χ1v) is 8.63. The van der Waals surface area contributed by atoms with Crippen LogP contribution in [0.3, 0.4) is 0 Å². The van der Waals surface area contributed by atoms with Crippen molar-refractivity contribution in [1.82, 2.24) is 10.0 Å². The van der Waals surface area contributed by atoms with Crippen molar-refractivity contribution in [2.45, 2.75) is 26.2 Å². The highest BCUT2D eigenvalue weighted by Crippen LogP contribution is 2.05. The zero-order chi connectivity index (χ0) is 15.0. The van der Waals surface area contributed by atoms with E-state index in [0.717, 1.165) is 24.7 Å². The summed E-state index contributed by atoms with van der Waals surface area (Å²) >= 11 is 0. The van der Waals surface area contributed by atoms with Crippen LogP contribution in [-0.4, -0.2) is 33.7 Å². The van der Waals surface area contributed by atoms with Crippen LogP contribution in [0.5, 0.6) is 0 Å². The Bertz CT molecular complexity index is 524. The SMILES string of the molecule is CCCCNC(=O)c1ccc(CCNS(C)(=O)=O)cc1. The molecule has 0 bridgehead atoms. The summed E-state index contributed by atoms with van der Waals surface area (Å²) in [4.78, 5) is 11.8. The summed E-state index contributed by atoms with van der Waals surface area (Å²) in [5.41, 5.74) is 1.62. The van der Waals surface area contributed by atoms with Crippen molar-refractivity contribution in [1.29, 1.82) is 0 Å². The van der Waals surface area contributed by atoms with Crippen molar-refractivity contribution in [3.63, 3.8) is 0 Å². The van der Waals surface area contributed by atoms with E-state index in [4.69, 9.17) is 0 Å². The normalized spacial score (nSPS) is 11.3. The van der Waals surface area contributed by atoms with Gasteiger partial charge >= 0.3 is 0 Å². The summed E-state index contributed by atoms with van der Waals surface area (Å²) in [5, 5.41) is 2.85. The van der Waals surface area contributed by atoms with Crippen LogP contribution in [-0.2, 0) is 16.4 Å². The zero-order valence-corrected chi connectivity index (χ0v) is 12.8. The lowest BCUT2D eigenvalue weighted by atomic mass is 10.1. The first-order chi connectivity index (χ1) is 9.42. The lowest BCUT2D eigenvalue weighted by Gasteiger charge is -2.06. The van der Waals surface area contributed by atoms with Crippen LogP contribution in [0, 0.1) is 0 Å². The maximum Gasteiger partial charge on any atom is 0.251 e. The first-order valence-electron chi connectivity index (χ1n) is 6.74. The second-order valence-corrected chi connectivity index (χ2v) is 6.56. The number of amides is 1. The average molecular weight is 298 g/mol. The smallest absolute Gasteiger partial charge is 0.251 e. The monoisotopic (exact) mass is 298 g/mol. The number of sulfonamides is 1. The van der Waals surface area contributed by atoms with Crippen LogP contribution < -0.4 is 10.0 Å². The van der Waals surface area contributed by atoms with Crippen LogP contribution in [0.15, 0.2) is 24.3 Å². The number of unbranched alkanes of at least 4 members (excludes halogenated alkanes) is 1. The van der Waals surface area contributed by atoms with Crippen molar-refractivity contribution in [3.05, 3.63) is 35.4 Å². The van der Waals surface area contributed by atoms with Gasteiger partial charge in [-0.3, -0.25) is 4.79 Å². The molecule has 0 fully saturated rings. The second-order valence-electron chi connectivity index (χ2n) is 4.72. The van der Waals surface area contributed by atoms with Crippen molar-refractivity contribution in [3.8, 4) is 0 Å². The summed E-state index contributed by atoms with van der Waals surface area (Å²) in [6, 6.07) is 7.21. The van der Waals surface area contributed by atoms with Gasteiger partial charge in [-0.15, -0.1) is 0 Å². The Hall–Kier alpha value is -1.40. The van der Waals surface area contributed by atoms with Crippen molar-refractivity contribution in [2.24, 2.45) is 0 Å². The molecule has 0 aliphatic heterocycles. The molecule has 6 heteroatoms. The third-order valence-electron chi connectivity index (χ3n) is 2.81. The van der Waals surface area contributed by atoms with E-state index < -0.39 is 10.0 Å². The minimum absolute atomic E-state index is 0.0701. The number of rotatable bonds is 8. The molecule has 0 heterocycles. The maximum atomic E-state index is 11.8. The standard InChI is InChI=1S/C14H22N2O3S/c1-3-4-10-15-14(17)13-7-5-12(6-8-13)9-11-16-20(2,18)19/h5-8,16H,3-4,9-11H2,1-2H3,(H,15,17). The van der Waals surface area contributed by atoms with E-state index in [2.05, 4.69) is 17.0 Å². The van der Waals surface area contributed by atoms with Crippen molar-refractivity contribution in [2.75, 3.05) is 19.3 Å². The van der Waals surface area contributed by atoms with E-state index in [1.807, 2.05) is 12.1 Å². The molecule has 0 radical (unpaired) electrons. The molecule has 0 atom stereocenters. The highest BCUT2D eigenvalue weighted by atomic mass is 32.2. The Morgan fingerprint density at radius 1 is 1.15 bits per heavy atom. The molecule has 1 amide bonds.